The van der Waals surface area contributed by atoms with Gasteiger partial charge in [0.1, 0.15) is 18.2 Å². The fraction of sp³-hybridized carbons (Fsp3) is 0.462. The molecule has 1 fully saturated rings. The highest BCUT2D eigenvalue weighted by Gasteiger charge is 2.27. The van der Waals surface area contributed by atoms with Crippen molar-refractivity contribution in [3.8, 4) is 5.75 Å². The maximum atomic E-state index is 12.7. The van der Waals surface area contributed by atoms with Gasteiger partial charge < -0.3 is 9.47 Å². The Balaban J connectivity index is 1.75. The second-order valence-corrected chi connectivity index (χ2v) is 5.66. The minimum atomic E-state index is -0.280. The van der Waals surface area contributed by atoms with Gasteiger partial charge in [-0.3, -0.25) is 4.79 Å². The van der Waals surface area contributed by atoms with E-state index in [2.05, 4.69) is 0 Å². The largest absolute Gasteiger partial charge is 0.491 e. The molecule has 1 aliphatic rings. The van der Waals surface area contributed by atoms with Crippen LogP contribution in [0.2, 0.25) is 0 Å². The molecule has 98 valence electrons. The van der Waals surface area contributed by atoms with Gasteiger partial charge >= 0.3 is 0 Å². The van der Waals surface area contributed by atoms with Crippen molar-refractivity contribution in [1.29, 1.82) is 0 Å². The number of halogens is 1. The van der Waals surface area contributed by atoms with Crippen LogP contribution in [0, 0.1) is 5.82 Å². The zero-order valence-corrected chi connectivity index (χ0v) is 10.9. The van der Waals surface area contributed by atoms with Crippen LogP contribution in [-0.2, 0) is 9.53 Å². The molecule has 1 aromatic rings. The quantitative estimate of drug-likeness (QED) is 0.842. The second-order valence-electron chi connectivity index (χ2n) is 4.19. The van der Waals surface area contributed by atoms with E-state index < -0.39 is 0 Å². The summed E-state index contributed by atoms with van der Waals surface area (Å²) in [4.78, 5) is 11.0. The smallest absolute Gasteiger partial charge is 0.186 e. The minimum absolute atomic E-state index is 0.00639. The molecule has 0 aliphatic carbocycles. The zero-order chi connectivity index (χ0) is 13.0. The number of carbonyl (C=O) groups excluding carboxylic acids is 1. The molecule has 1 aromatic carbocycles. The zero-order valence-electron chi connectivity index (χ0n) is 10.1. The molecule has 3 nitrogen and oxygen atoms in total. The van der Waals surface area contributed by atoms with Gasteiger partial charge in [0, 0.05) is 12.2 Å². The molecule has 0 amide bonds. The van der Waals surface area contributed by atoms with Crippen LogP contribution in [0.4, 0.5) is 4.39 Å². The van der Waals surface area contributed by atoms with Crippen LogP contribution >= 0.6 is 11.8 Å². The van der Waals surface area contributed by atoms with E-state index in [0.29, 0.717) is 19.0 Å². The Bertz CT molecular complexity index is 407. The molecule has 1 aliphatic heterocycles. The molecule has 0 bridgehead atoms. The van der Waals surface area contributed by atoms with E-state index in [4.69, 9.17) is 9.47 Å². The predicted molar refractivity (Wildman–Crippen MR) is 68.3 cm³/mol. The number of thioether (sulfide) groups is 1. The standard InChI is InChI=1S/C13H15FO3S/c1-9(15)18-13-6-12(17-8-13)7-16-11-4-2-10(14)3-5-11/h2-5,12-13H,6-8H2,1H3/t12-,13+/m1/s1. The first-order valence-electron chi connectivity index (χ1n) is 5.80. The van der Waals surface area contributed by atoms with E-state index in [1.807, 2.05) is 0 Å². The van der Waals surface area contributed by atoms with Gasteiger partial charge in [-0.1, -0.05) is 11.8 Å². The molecule has 0 spiro atoms. The molecule has 18 heavy (non-hydrogen) atoms. The molecule has 2 rings (SSSR count). The maximum absolute atomic E-state index is 12.7. The number of rotatable bonds is 4. The predicted octanol–water partition coefficient (Wildman–Crippen LogP) is 2.64. The molecule has 0 radical (unpaired) electrons. The maximum Gasteiger partial charge on any atom is 0.186 e. The lowest BCUT2D eigenvalue weighted by molar-refractivity contribution is -0.109. The Morgan fingerprint density at radius 2 is 2.22 bits per heavy atom. The summed E-state index contributed by atoms with van der Waals surface area (Å²) in [7, 11) is 0. The summed E-state index contributed by atoms with van der Waals surface area (Å²) in [6.45, 7) is 2.58. The molecule has 0 unspecified atom stereocenters. The summed E-state index contributed by atoms with van der Waals surface area (Å²) in [6.07, 6.45) is 0.817. The Hall–Kier alpha value is -1.07. The van der Waals surface area contributed by atoms with Gasteiger partial charge in [-0.05, 0) is 30.7 Å². The summed E-state index contributed by atoms with van der Waals surface area (Å²) < 4.78 is 23.7. The molecule has 0 aromatic heterocycles. The van der Waals surface area contributed by atoms with Crippen LogP contribution in [0.25, 0.3) is 0 Å². The number of carbonyl (C=O) groups is 1. The molecule has 1 heterocycles. The van der Waals surface area contributed by atoms with E-state index in [9.17, 15) is 9.18 Å². The van der Waals surface area contributed by atoms with Crippen molar-refractivity contribution < 1.29 is 18.7 Å². The third-order valence-corrected chi connectivity index (χ3v) is 3.62. The Morgan fingerprint density at radius 3 is 2.89 bits per heavy atom. The first kappa shape index (κ1) is 13.4. The van der Waals surface area contributed by atoms with Crippen molar-refractivity contribution in [3.63, 3.8) is 0 Å². The van der Waals surface area contributed by atoms with E-state index in [1.54, 1.807) is 19.1 Å². The van der Waals surface area contributed by atoms with E-state index in [0.717, 1.165) is 6.42 Å². The summed E-state index contributed by atoms with van der Waals surface area (Å²) in [5.74, 6) is 0.347. The number of ether oxygens (including phenoxy) is 2. The van der Waals surface area contributed by atoms with Gasteiger partial charge in [0.15, 0.2) is 5.12 Å². The van der Waals surface area contributed by atoms with Crippen LogP contribution in [0.1, 0.15) is 13.3 Å². The average molecular weight is 270 g/mol. The highest BCUT2D eigenvalue weighted by atomic mass is 32.2. The first-order chi connectivity index (χ1) is 8.63. The van der Waals surface area contributed by atoms with Gasteiger partial charge in [0.2, 0.25) is 0 Å². The van der Waals surface area contributed by atoms with Crippen molar-refractivity contribution in [2.45, 2.75) is 24.7 Å². The second kappa shape index (κ2) is 6.20. The van der Waals surface area contributed by atoms with Crippen LogP contribution in [0.5, 0.6) is 5.75 Å². The average Bonchev–Trinajstić information content (AvgIpc) is 2.75. The van der Waals surface area contributed by atoms with Crippen LogP contribution in [-0.4, -0.2) is 29.7 Å². The first-order valence-corrected chi connectivity index (χ1v) is 6.68. The van der Waals surface area contributed by atoms with Crippen molar-refractivity contribution in [2.75, 3.05) is 13.2 Å². The third kappa shape index (κ3) is 3.99. The molecular formula is C13H15FO3S. The molecule has 2 atom stereocenters. The lowest BCUT2D eigenvalue weighted by Gasteiger charge is -2.11. The van der Waals surface area contributed by atoms with Crippen molar-refractivity contribution in [2.24, 2.45) is 0 Å². The Kier molecular flexibility index (Phi) is 4.60. The van der Waals surface area contributed by atoms with Gasteiger partial charge in [0.05, 0.1) is 12.7 Å². The van der Waals surface area contributed by atoms with Crippen LogP contribution in [0.3, 0.4) is 0 Å². The Labute approximate surface area is 110 Å². The van der Waals surface area contributed by atoms with Gasteiger partial charge in [0.25, 0.3) is 0 Å². The summed E-state index contributed by atoms with van der Waals surface area (Å²) in [5.41, 5.74) is 0. The SMILES string of the molecule is CC(=O)S[C@@H]1CO[C@@H](COc2ccc(F)cc2)C1. The fourth-order valence-electron chi connectivity index (χ4n) is 1.83. The van der Waals surface area contributed by atoms with E-state index in [-0.39, 0.29) is 22.3 Å². The molecule has 0 saturated carbocycles. The summed E-state index contributed by atoms with van der Waals surface area (Å²) in [5, 5.41) is 0.341. The molecule has 0 N–H and O–H groups in total. The topological polar surface area (TPSA) is 35.5 Å². The lowest BCUT2D eigenvalue weighted by atomic mass is 10.2. The summed E-state index contributed by atoms with van der Waals surface area (Å²) >= 11 is 1.32. The molecule has 5 heteroatoms. The van der Waals surface area contributed by atoms with E-state index in [1.165, 1.54) is 23.9 Å². The number of hydrogen-bond donors (Lipinski definition) is 0. The fourth-order valence-corrected chi connectivity index (χ4v) is 2.75. The summed E-state index contributed by atoms with van der Waals surface area (Å²) in [6, 6.07) is 5.90. The highest BCUT2D eigenvalue weighted by Crippen LogP contribution is 2.26. The van der Waals surface area contributed by atoms with Crippen LogP contribution in [0.15, 0.2) is 24.3 Å². The minimum Gasteiger partial charge on any atom is -0.491 e. The number of hydrogen-bond acceptors (Lipinski definition) is 4. The highest BCUT2D eigenvalue weighted by molar-refractivity contribution is 8.14. The van der Waals surface area contributed by atoms with Crippen molar-refractivity contribution >= 4 is 16.9 Å². The van der Waals surface area contributed by atoms with Crippen LogP contribution < -0.4 is 4.74 Å². The number of benzene rings is 1. The van der Waals surface area contributed by atoms with E-state index >= 15 is 0 Å². The van der Waals surface area contributed by atoms with Gasteiger partial charge in [-0.2, -0.15) is 0 Å². The molecular weight excluding hydrogens is 255 g/mol. The van der Waals surface area contributed by atoms with Gasteiger partial charge in [-0.25, -0.2) is 4.39 Å². The lowest BCUT2D eigenvalue weighted by Crippen LogP contribution is -2.16. The molecule has 1 saturated heterocycles. The van der Waals surface area contributed by atoms with Crippen molar-refractivity contribution in [1.82, 2.24) is 0 Å². The van der Waals surface area contributed by atoms with Crippen molar-refractivity contribution in [3.05, 3.63) is 30.1 Å². The third-order valence-electron chi connectivity index (χ3n) is 2.63. The normalized spacial score (nSPS) is 23.0. The Morgan fingerprint density at radius 1 is 1.50 bits per heavy atom. The van der Waals surface area contributed by atoms with Gasteiger partial charge in [-0.15, -0.1) is 0 Å². The monoisotopic (exact) mass is 270 g/mol.